The fourth-order valence-corrected chi connectivity index (χ4v) is 6.78. The molecule has 0 amide bonds. The standard InChI is InChI=1S/C39H25N3S/c1-4-12-26(13-5-1)29-18-10-19-30(24-29)31-22-23-35-34(25-31)32-20-11-21-33(36(32)43-35)39-41-37(27-14-6-2-7-15-27)40-38(42-39)28-16-8-3-9-17-28/h1-25H. The molecule has 8 aromatic rings. The number of benzene rings is 6. The van der Waals surface area contributed by atoms with Crippen molar-refractivity contribution < 1.29 is 0 Å². The Morgan fingerprint density at radius 3 is 1.51 bits per heavy atom. The van der Waals surface area contributed by atoms with Crippen molar-refractivity contribution in [2.24, 2.45) is 0 Å². The average Bonchev–Trinajstić information content (AvgIpc) is 3.47. The summed E-state index contributed by atoms with van der Waals surface area (Å²) in [5.74, 6) is 2.02. The lowest BCUT2D eigenvalue weighted by Gasteiger charge is -2.09. The molecular formula is C39H25N3S. The largest absolute Gasteiger partial charge is 0.208 e. The van der Waals surface area contributed by atoms with Gasteiger partial charge in [-0.1, -0.05) is 127 Å². The van der Waals surface area contributed by atoms with Crippen LogP contribution in [0.1, 0.15) is 0 Å². The van der Waals surface area contributed by atoms with Gasteiger partial charge in [-0.15, -0.1) is 11.3 Å². The predicted molar refractivity (Wildman–Crippen MR) is 180 cm³/mol. The van der Waals surface area contributed by atoms with Crippen LogP contribution in [0.4, 0.5) is 0 Å². The smallest absolute Gasteiger partial charge is 0.165 e. The van der Waals surface area contributed by atoms with E-state index in [0.29, 0.717) is 17.5 Å². The van der Waals surface area contributed by atoms with Gasteiger partial charge in [0.25, 0.3) is 0 Å². The number of nitrogens with zero attached hydrogens (tertiary/aromatic N) is 3. The maximum atomic E-state index is 5.01. The van der Waals surface area contributed by atoms with E-state index in [1.165, 1.54) is 42.4 Å². The van der Waals surface area contributed by atoms with Crippen LogP contribution in [-0.2, 0) is 0 Å². The second kappa shape index (κ2) is 10.8. The van der Waals surface area contributed by atoms with Crippen LogP contribution in [0, 0.1) is 0 Å². The van der Waals surface area contributed by atoms with E-state index in [1.54, 1.807) is 11.3 Å². The summed E-state index contributed by atoms with van der Waals surface area (Å²) in [5.41, 5.74) is 7.79. The van der Waals surface area contributed by atoms with E-state index >= 15 is 0 Å². The number of rotatable bonds is 5. The second-order valence-corrected chi connectivity index (χ2v) is 11.5. The summed E-state index contributed by atoms with van der Waals surface area (Å²) < 4.78 is 2.42. The van der Waals surface area contributed by atoms with Gasteiger partial charge in [0.1, 0.15) is 0 Å². The van der Waals surface area contributed by atoms with Crippen molar-refractivity contribution in [2.75, 3.05) is 0 Å². The molecule has 0 fully saturated rings. The normalized spacial score (nSPS) is 11.3. The van der Waals surface area contributed by atoms with Gasteiger partial charge in [-0.3, -0.25) is 0 Å². The molecular weight excluding hydrogens is 543 g/mol. The van der Waals surface area contributed by atoms with Crippen molar-refractivity contribution in [3.05, 3.63) is 152 Å². The molecule has 0 unspecified atom stereocenters. The molecule has 6 aromatic carbocycles. The van der Waals surface area contributed by atoms with Crippen molar-refractivity contribution in [1.82, 2.24) is 15.0 Å². The second-order valence-electron chi connectivity index (χ2n) is 10.5. The Hall–Kier alpha value is -5.45. The first kappa shape index (κ1) is 25.3. The van der Waals surface area contributed by atoms with Crippen LogP contribution >= 0.6 is 11.3 Å². The molecule has 0 aliphatic carbocycles. The minimum absolute atomic E-state index is 0.670. The van der Waals surface area contributed by atoms with Crippen molar-refractivity contribution in [1.29, 1.82) is 0 Å². The van der Waals surface area contributed by atoms with Crippen molar-refractivity contribution in [2.45, 2.75) is 0 Å². The van der Waals surface area contributed by atoms with E-state index in [4.69, 9.17) is 15.0 Å². The summed E-state index contributed by atoms with van der Waals surface area (Å²) in [4.78, 5) is 14.9. The van der Waals surface area contributed by atoms with Crippen LogP contribution in [0.5, 0.6) is 0 Å². The highest BCUT2D eigenvalue weighted by atomic mass is 32.1. The third kappa shape index (κ3) is 4.78. The minimum atomic E-state index is 0.670. The molecule has 0 spiro atoms. The van der Waals surface area contributed by atoms with Crippen LogP contribution in [0.25, 0.3) is 76.6 Å². The van der Waals surface area contributed by atoms with E-state index in [-0.39, 0.29) is 0 Å². The Morgan fingerprint density at radius 1 is 0.349 bits per heavy atom. The fraction of sp³-hybridized carbons (Fsp3) is 0. The van der Waals surface area contributed by atoms with E-state index in [2.05, 4.69) is 91.0 Å². The Kier molecular flexibility index (Phi) is 6.32. The highest BCUT2D eigenvalue weighted by Gasteiger charge is 2.17. The molecule has 3 nitrogen and oxygen atoms in total. The van der Waals surface area contributed by atoms with Crippen LogP contribution in [-0.4, -0.2) is 15.0 Å². The number of aromatic nitrogens is 3. The molecule has 2 heterocycles. The monoisotopic (exact) mass is 567 g/mol. The molecule has 202 valence electrons. The quantitative estimate of drug-likeness (QED) is 0.208. The molecule has 4 heteroatoms. The van der Waals surface area contributed by atoms with Gasteiger partial charge >= 0.3 is 0 Å². The zero-order valence-electron chi connectivity index (χ0n) is 23.2. The van der Waals surface area contributed by atoms with E-state index < -0.39 is 0 Å². The Balaban J connectivity index is 1.28. The van der Waals surface area contributed by atoms with Crippen molar-refractivity contribution in [3.8, 4) is 56.4 Å². The molecule has 0 saturated heterocycles. The molecule has 0 aliphatic heterocycles. The van der Waals surface area contributed by atoms with Gasteiger partial charge in [0.2, 0.25) is 0 Å². The first-order chi connectivity index (χ1) is 21.3. The number of hydrogen-bond acceptors (Lipinski definition) is 4. The molecule has 0 N–H and O–H groups in total. The zero-order chi connectivity index (χ0) is 28.6. The Labute approximate surface area is 253 Å². The lowest BCUT2D eigenvalue weighted by molar-refractivity contribution is 1.08. The Morgan fingerprint density at radius 2 is 0.860 bits per heavy atom. The molecule has 0 saturated carbocycles. The summed E-state index contributed by atoms with van der Waals surface area (Å²) in [6, 6.07) is 52.8. The number of hydrogen-bond donors (Lipinski definition) is 0. The average molecular weight is 568 g/mol. The molecule has 2 aromatic heterocycles. The van der Waals surface area contributed by atoms with Crippen molar-refractivity contribution in [3.63, 3.8) is 0 Å². The van der Waals surface area contributed by atoms with Gasteiger partial charge in [0, 0.05) is 36.9 Å². The summed E-state index contributed by atoms with van der Waals surface area (Å²) >= 11 is 1.79. The summed E-state index contributed by atoms with van der Waals surface area (Å²) in [6.07, 6.45) is 0. The third-order valence-electron chi connectivity index (χ3n) is 7.74. The highest BCUT2D eigenvalue weighted by Crippen LogP contribution is 2.41. The van der Waals surface area contributed by atoms with E-state index in [1.807, 2.05) is 60.7 Å². The first-order valence-electron chi connectivity index (χ1n) is 14.3. The maximum Gasteiger partial charge on any atom is 0.165 e. The molecule has 0 aliphatic rings. The van der Waals surface area contributed by atoms with Gasteiger partial charge < -0.3 is 0 Å². The van der Waals surface area contributed by atoms with Gasteiger partial charge in [0.15, 0.2) is 17.5 Å². The van der Waals surface area contributed by atoms with Crippen molar-refractivity contribution >= 4 is 31.5 Å². The molecule has 43 heavy (non-hydrogen) atoms. The fourth-order valence-electron chi connectivity index (χ4n) is 5.59. The SMILES string of the molecule is c1ccc(-c2cccc(-c3ccc4sc5c(-c6nc(-c7ccccc7)nc(-c7ccccc7)n6)cccc5c4c3)c2)cc1. The lowest BCUT2D eigenvalue weighted by Crippen LogP contribution is -2.00. The number of fused-ring (bicyclic) bond motifs is 3. The molecule has 0 radical (unpaired) electrons. The maximum absolute atomic E-state index is 5.01. The third-order valence-corrected chi connectivity index (χ3v) is 8.96. The summed E-state index contributed by atoms with van der Waals surface area (Å²) in [7, 11) is 0. The first-order valence-corrected chi connectivity index (χ1v) is 15.1. The predicted octanol–water partition coefficient (Wildman–Crippen LogP) is 10.6. The topological polar surface area (TPSA) is 38.7 Å². The van der Waals surface area contributed by atoms with E-state index in [0.717, 1.165) is 16.7 Å². The zero-order valence-corrected chi connectivity index (χ0v) is 24.0. The van der Waals surface area contributed by atoms with Gasteiger partial charge in [-0.2, -0.15) is 0 Å². The van der Waals surface area contributed by atoms with Gasteiger partial charge in [-0.25, -0.2) is 15.0 Å². The minimum Gasteiger partial charge on any atom is -0.208 e. The molecule has 0 bridgehead atoms. The van der Waals surface area contributed by atoms with Crippen LogP contribution in [0.2, 0.25) is 0 Å². The highest BCUT2D eigenvalue weighted by molar-refractivity contribution is 7.26. The van der Waals surface area contributed by atoms with Crippen LogP contribution in [0.15, 0.2) is 152 Å². The summed E-state index contributed by atoms with van der Waals surface area (Å²) in [5, 5.41) is 2.45. The molecule has 8 rings (SSSR count). The molecule has 0 atom stereocenters. The van der Waals surface area contributed by atoms with E-state index in [9.17, 15) is 0 Å². The summed E-state index contributed by atoms with van der Waals surface area (Å²) in [6.45, 7) is 0. The Bertz CT molecular complexity index is 2170. The number of thiophene rings is 1. The lowest BCUT2D eigenvalue weighted by atomic mass is 9.98. The van der Waals surface area contributed by atoms with Crippen LogP contribution < -0.4 is 0 Å². The van der Waals surface area contributed by atoms with Gasteiger partial charge in [-0.05, 0) is 46.5 Å². The van der Waals surface area contributed by atoms with Gasteiger partial charge in [0.05, 0.1) is 0 Å². The van der Waals surface area contributed by atoms with Crippen LogP contribution in [0.3, 0.4) is 0 Å².